The molecule has 2 aromatic rings. The van der Waals surface area contributed by atoms with Crippen molar-refractivity contribution < 1.29 is 27.3 Å². The maximum absolute atomic E-state index is 13.4. The minimum Gasteiger partial charge on any atom is -0.495 e. The number of ether oxygens (including phenoxy) is 1. The van der Waals surface area contributed by atoms with Crippen molar-refractivity contribution >= 4 is 33.4 Å². The van der Waals surface area contributed by atoms with Crippen molar-refractivity contribution in [2.75, 3.05) is 25.5 Å². The quantitative estimate of drug-likeness (QED) is 0.381. The number of methoxy groups -OCH3 is 1. The van der Waals surface area contributed by atoms with Crippen molar-refractivity contribution in [2.24, 2.45) is 0 Å². The average molecular weight is 463 g/mol. The third kappa shape index (κ3) is 5.29. The van der Waals surface area contributed by atoms with Crippen LogP contribution >= 0.6 is 0 Å². The van der Waals surface area contributed by atoms with E-state index in [4.69, 9.17) is 4.74 Å². The molecule has 1 aliphatic heterocycles. The topological polar surface area (TPSA) is 119 Å². The Balaban J connectivity index is 1.80. The molecule has 1 amide bonds. The fourth-order valence-electron chi connectivity index (χ4n) is 3.33. The number of nitrogens with zero attached hydrogens (tertiary/aromatic N) is 2. The van der Waals surface area contributed by atoms with Crippen molar-refractivity contribution in [2.45, 2.75) is 24.2 Å². The van der Waals surface area contributed by atoms with Crippen LogP contribution in [0.1, 0.15) is 24.8 Å². The molecular weight excluding hydrogens is 441 g/mol. The number of hydrogen-bond donors (Lipinski definition) is 1. The lowest BCUT2D eigenvalue weighted by atomic mass is 10.2. The molecule has 9 nitrogen and oxygen atoms in total. The molecule has 11 heteroatoms. The van der Waals surface area contributed by atoms with Crippen molar-refractivity contribution in [1.82, 2.24) is 4.31 Å². The molecule has 2 aromatic carbocycles. The molecule has 0 aliphatic carbocycles. The molecule has 0 radical (unpaired) electrons. The van der Waals surface area contributed by atoms with E-state index in [9.17, 15) is 27.7 Å². The number of nitro groups is 1. The van der Waals surface area contributed by atoms with Gasteiger partial charge >= 0.3 is 5.69 Å². The fourth-order valence-corrected chi connectivity index (χ4v) is 5.04. The molecule has 0 unspecified atom stereocenters. The van der Waals surface area contributed by atoms with Gasteiger partial charge < -0.3 is 10.1 Å². The van der Waals surface area contributed by atoms with Gasteiger partial charge in [-0.25, -0.2) is 8.42 Å². The van der Waals surface area contributed by atoms with Gasteiger partial charge in [0.25, 0.3) is 0 Å². The molecule has 1 heterocycles. The summed E-state index contributed by atoms with van der Waals surface area (Å²) in [5.74, 6) is -1.43. The van der Waals surface area contributed by atoms with E-state index in [2.05, 4.69) is 5.32 Å². The summed E-state index contributed by atoms with van der Waals surface area (Å²) >= 11 is 0. The average Bonchev–Trinajstić information content (AvgIpc) is 2.79. The first-order chi connectivity index (χ1) is 15.2. The lowest BCUT2D eigenvalue weighted by Gasteiger charge is -2.26. The minimum atomic E-state index is -3.76. The molecule has 0 aromatic heterocycles. The number of hydrogen-bond acceptors (Lipinski definition) is 6. The summed E-state index contributed by atoms with van der Waals surface area (Å²) in [6.07, 6.45) is 5.13. The number of amides is 1. The summed E-state index contributed by atoms with van der Waals surface area (Å²) < 4.78 is 46.2. The lowest BCUT2D eigenvalue weighted by Crippen LogP contribution is -2.35. The highest BCUT2D eigenvalue weighted by Gasteiger charge is 2.29. The van der Waals surface area contributed by atoms with Crippen LogP contribution in [0.2, 0.25) is 0 Å². The van der Waals surface area contributed by atoms with Gasteiger partial charge in [-0.2, -0.15) is 8.70 Å². The summed E-state index contributed by atoms with van der Waals surface area (Å²) in [5.41, 5.74) is -0.257. The zero-order valence-electron chi connectivity index (χ0n) is 17.3. The van der Waals surface area contributed by atoms with E-state index < -0.39 is 32.4 Å². The van der Waals surface area contributed by atoms with Gasteiger partial charge in [0.15, 0.2) is 0 Å². The SMILES string of the molecule is COc1ccc(/C=C/C(=O)Nc2ccc(F)c([N+](=O)[O-])c2)cc1S(=O)(=O)N1CCCCC1. The Hall–Kier alpha value is -3.31. The largest absolute Gasteiger partial charge is 0.495 e. The Kier molecular flexibility index (Phi) is 7.21. The number of anilines is 1. The molecule has 0 bridgehead atoms. The van der Waals surface area contributed by atoms with Gasteiger partial charge in [0.1, 0.15) is 10.6 Å². The number of carbonyl (C=O) groups is 1. The van der Waals surface area contributed by atoms with Crippen LogP contribution < -0.4 is 10.1 Å². The van der Waals surface area contributed by atoms with Gasteiger partial charge in [-0.3, -0.25) is 14.9 Å². The van der Waals surface area contributed by atoms with Crippen LogP contribution in [-0.4, -0.2) is 43.8 Å². The Morgan fingerprint density at radius 3 is 2.56 bits per heavy atom. The van der Waals surface area contributed by atoms with Gasteiger partial charge in [-0.15, -0.1) is 0 Å². The lowest BCUT2D eigenvalue weighted by molar-refractivity contribution is -0.387. The number of halogens is 1. The highest BCUT2D eigenvalue weighted by Crippen LogP contribution is 2.30. The van der Waals surface area contributed by atoms with E-state index in [0.29, 0.717) is 18.7 Å². The second-order valence-electron chi connectivity index (χ2n) is 7.12. The molecule has 32 heavy (non-hydrogen) atoms. The summed E-state index contributed by atoms with van der Waals surface area (Å²) in [4.78, 5) is 22.1. The van der Waals surface area contributed by atoms with Crippen molar-refractivity contribution in [3.63, 3.8) is 0 Å². The first-order valence-electron chi connectivity index (χ1n) is 9.83. The van der Waals surface area contributed by atoms with E-state index >= 15 is 0 Å². The van der Waals surface area contributed by atoms with Crippen LogP contribution in [0.25, 0.3) is 6.08 Å². The molecule has 3 rings (SSSR count). The first-order valence-corrected chi connectivity index (χ1v) is 11.3. The van der Waals surface area contributed by atoms with Crippen LogP contribution in [0, 0.1) is 15.9 Å². The van der Waals surface area contributed by atoms with E-state index in [-0.39, 0.29) is 16.3 Å². The third-order valence-corrected chi connectivity index (χ3v) is 6.88. The molecule has 1 N–H and O–H groups in total. The third-order valence-electron chi connectivity index (χ3n) is 4.96. The number of carbonyl (C=O) groups excluding carboxylic acids is 1. The van der Waals surface area contributed by atoms with Gasteiger partial charge in [-0.05, 0) is 48.7 Å². The van der Waals surface area contributed by atoms with Crippen LogP contribution in [0.4, 0.5) is 15.8 Å². The second kappa shape index (κ2) is 9.88. The van der Waals surface area contributed by atoms with Crippen molar-refractivity contribution in [3.05, 3.63) is 64.0 Å². The molecule has 0 saturated carbocycles. The highest BCUT2D eigenvalue weighted by molar-refractivity contribution is 7.89. The van der Waals surface area contributed by atoms with E-state index in [1.165, 1.54) is 35.7 Å². The standard InChI is InChI=1S/C21H22FN3O6S/c1-31-19-9-5-15(13-20(19)32(29,30)24-11-3-2-4-12-24)6-10-21(26)23-16-7-8-17(22)18(14-16)25(27)28/h5-10,13-14H,2-4,11-12H2,1H3,(H,23,26)/b10-6+. The Morgan fingerprint density at radius 2 is 1.91 bits per heavy atom. The molecule has 170 valence electrons. The van der Waals surface area contributed by atoms with Crippen LogP contribution in [0.5, 0.6) is 5.75 Å². The molecular formula is C21H22FN3O6S. The van der Waals surface area contributed by atoms with Gasteiger partial charge in [0.05, 0.1) is 12.0 Å². The Morgan fingerprint density at radius 1 is 1.19 bits per heavy atom. The Labute approximate surface area is 184 Å². The summed E-state index contributed by atoms with van der Waals surface area (Å²) in [7, 11) is -2.37. The van der Waals surface area contributed by atoms with Crippen LogP contribution in [-0.2, 0) is 14.8 Å². The first kappa shape index (κ1) is 23.4. The maximum Gasteiger partial charge on any atom is 0.306 e. The molecule has 0 spiro atoms. The van der Waals surface area contributed by atoms with E-state index in [0.717, 1.165) is 37.5 Å². The van der Waals surface area contributed by atoms with Gasteiger partial charge in [0.2, 0.25) is 21.7 Å². The zero-order chi connectivity index (χ0) is 23.3. The predicted molar refractivity (Wildman–Crippen MR) is 116 cm³/mol. The summed E-state index contributed by atoms with van der Waals surface area (Å²) in [5, 5.41) is 13.2. The van der Waals surface area contributed by atoms with Crippen LogP contribution in [0.3, 0.4) is 0 Å². The van der Waals surface area contributed by atoms with E-state index in [1.807, 2.05) is 0 Å². The maximum atomic E-state index is 13.4. The number of benzene rings is 2. The summed E-state index contributed by atoms with van der Waals surface area (Å²) in [6, 6.07) is 7.54. The van der Waals surface area contributed by atoms with Crippen molar-refractivity contribution in [1.29, 1.82) is 0 Å². The smallest absolute Gasteiger partial charge is 0.306 e. The molecule has 1 aliphatic rings. The van der Waals surface area contributed by atoms with E-state index in [1.54, 1.807) is 6.07 Å². The zero-order valence-corrected chi connectivity index (χ0v) is 18.1. The minimum absolute atomic E-state index is 0.0126. The highest BCUT2D eigenvalue weighted by atomic mass is 32.2. The van der Waals surface area contributed by atoms with Gasteiger partial charge in [0, 0.05) is 30.9 Å². The van der Waals surface area contributed by atoms with Crippen molar-refractivity contribution in [3.8, 4) is 5.75 Å². The number of sulfonamides is 1. The summed E-state index contributed by atoms with van der Waals surface area (Å²) in [6.45, 7) is 0.884. The predicted octanol–water partition coefficient (Wildman–Crippen LogP) is 3.57. The number of nitro benzene ring substituents is 1. The molecule has 1 fully saturated rings. The number of rotatable bonds is 7. The molecule has 0 atom stereocenters. The number of nitrogens with one attached hydrogen (secondary N) is 1. The Bertz CT molecular complexity index is 1160. The van der Waals surface area contributed by atoms with Crippen LogP contribution in [0.15, 0.2) is 47.4 Å². The number of piperidine rings is 1. The van der Waals surface area contributed by atoms with Gasteiger partial charge in [-0.1, -0.05) is 12.5 Å². The molecule has 1 saturated heterocycles. The monoisotopic (exact) mass is 463 g/mol. The second-order valence-corrected chi connectivity index (χ2v) is 9.03. The fraction of sp³-hybridized carbons (Fsp3) is 0.286. The normalized spacial score (nSPS) is 14.9.